The SMILES string of the molecule is [B]c1cc(CNC(=O)OC(C)(C)C)cc(C(=O)O)c1. The number of hydrogen-bond acceptors (Lipinski definition) is 3. The molecule has 1 rings (SSSR count). The molecule has 6 heteroatoms. The van der Waals surface area contributed by atoms with Crippen LogP contribution in [-0.4, -0.2) is 30.6 Å². The fraction of sp³-hybridized carbons (Fsp3) is 0.385. The van der Waals surface area contributed by atoms with Gasteiger partial charge in [0.25, 0.3) is 0 Å². The molecule has 0 aliphatic heterocycles. The van der Waals surface area contributed by atoms with Gasteiger partial charge in [-0.2, -0.15) is 0 Å². The van der Waals surface area contributed by atoms with E-state index >= 15 is 0 Å². The van der Waals surface area contributed by atoms with Crippen LogP contribution in [-0.2, 0) is 11.3 Å². The van der Waals surface area contributed by atoms with Crippen molar-refractivity contribution >= 4 is 25.4 Å². The van der Waals surface area contributed by atoms with E-state index in [1.807, 2.05) is 0 Å². The lowest BCUT2D eigenvalue weighted by Gasteiger charge is -2.19. The monoisotopic (exact) mass is 261 g/mol. The first-order chi connectivity index (χ1) is 8.67. The van der Waals surface area contributed by atoms with Gasteiger partial charge >= 0.3 is 12.1 Å². The molecule has 0 unspecified atom stereocenters. The van der Waals surface area contributed by atoms with Gasteiger partial charge in [-0.15, -0.1) is 0 Å². The Bertz CT molecular complexity index is 494. The first kappa shape index (κ1) is 15.1. The van der Waals surface area contributed by atoms with Crippen molar-refractivity contribution in [3.63, 3.8) is 0 Å². The third-order valence-corrected chi connectivity index (χ3v) is 2.10. The number of benzene rings is 1. The second kappa shape index (κ2) is 5.78. The summed E-state index contributed by atoms with van der Waals surface area (Å²) in [5.41, 5.74) is 0.441. The molecule has 0 aliphatic carbocycles. The Balaban J connectivity index is 2.68. The minimum absolute atomic E-state index is 0.0842. The molecule has 0 atom stereocenters. The van der Waals surface area contributed by atoms with E-state index in [-0.39, 0.29) is 12.1 Å². The Hall–Kier alpha value is -1.98. The second-order valence-electron chi connectivity index (χ2n) is 5.12. The van der Waals surface area contributed by atoms with Crippen molar-refractivity contribution in [3.8, 4) is 0 Å². The molecule has 0 spiro atoms. The summed E-state index contributed by atoms with van der Waals surface area (Å²) in [5, 5.41) is 11.4. The summed E-state index contributed by atoms with van der Waals surface area (Å²) < 4.78 is 5.07. The minimum Gasteiger partial charge on any atom is -0.478 e. The topological polar surface area (TPSA) is 75.6 Å². The molecule has 100 valence electrons. The summed E-state index contributed by atoms with van der Waals surface area (Å²) in [5.74, 6) is -1.06. The van der Waals surface area contributed by atoms with E-state index in [9.17, 15) is 9.59 Å². The van der Waals surface area contributed by atoms with Gasteiger partial charge in [0, 0.05) is 6.54 Å². The van der Waals surface area contributed by atoms with Crippen LogP contribution in [0.5, 0.6) is 0 Å². The van der Waals surface area contributed by atoms with Crippen LogP contribution in [0.2, 0.25) is 0 Å². The van der Waals surface area contributed by atoms with Crippen molar-refractivity contribution in [1.29, 1.82) is 0 Å². The summed E-state index contributed by atoms with van der Waals surface area (Å²) in [6, 6.07) is 4.42. The van der Waals surface area contributed by atoms with Crippen LogP contribution in [0.4, 0.5) is 4.79 Å². The van der Waals surface area contributed by atoms with Crippen LogP contribution in [0.3, 0.4) is 0 Å². The van der Waals surface area contributed by atoms with E-state index in [4.69, 9.17) is 17.7 Å². The van der Waals surface area contributed by atoms with Crippen molar-refractivity contribution in [1.82, 2.24) is 5.32 Å². The molecule has 1 aromatic carbocycles. The van der Waals surface area contributed by atoms with Gasteiger partial charge in [-0.3, -0.25) is 0 Å². The molecule has 2 N–H and O–H groups in total. The van der Waals surface area contributed by atoms with Gasteiger partial charge in [0.2, 0.25) is 0 Å². The van der Waals surface area contributed by atoms with Crippen LogP contribution >= 0.6 is 0 Å². The van der Waals surface area contributed by atoms with Gasteiger partial charge < -0.3 is 15.2 Å². The van der Waals surface area contributed by atoms with Crippen LogP contribution in [0.25, 0.3) is 0 Å². The first-order valence-electron chi connectivity index (χ1n) is 5.77. The molecular formula is C13H16BNO4. The Morgan fingerprint density at radius 3 is 2.47 bits per heavy atom. The number of carboxylic acid groups (broad SMARTS) is 1. The number of carbonyl (C=O) groups excluding carboxylic acids is 1. The van der Waals surface area contributed by atoms with Crippen LogP contribution in [0, 0.1) is 0 Å². The van der Waals surface area contributed by atoms with E-state index in [1.54, 1.807) is 26.8 Å². The largest absolute Gasteiger partial charge is 0.478 e. The van der Waals surface area contributed by atoms with Gasteiger partial charge in [0.1, 0.15) is 13.4 Å². The predicted molar refractivity (Wildman–Crippen MR) is 71.9 cm³/mol. The van der Waals surface area contributed by atoms with Gasteiger partial charge in [-0.05, 0) is 32.4 Å². The lowest BCUT2D eigenvalue weighted by atomic mass is 9.92. The van der Waals surface area contributed by atoms with Gasteiger partial charge in [-0.1, -0.05) is 17.6 Å². The maximum absolute atomic E-state index is 11.5. The fourth-order valence-corrected chi connectivity index (χ4v) is 1.43. The van der Waals surface area contributed by atoms with E-state index in [0.717, 1.165) is 0 Å². The Morgan fingerprint density at radius 2 is 1.95 bits per heavy atom. The standard InChI is InChI=1S/C13H16BNO4/c1-13(2,3)19-12(18)15-7-8-4-9(11(16)17)6-10(14)5-8/h4-6H,7H2,1-3H3,(H,15,18)(H,16,17). The third kappa shape index (κ3) is 5.46. The van der Waals surface area contributed by atoms with Gasteiger partial charge in [0.15, 0.2) is 0 Å². The van der Waals surface area contributed by atoms with Crippen molar-refractivity contribution < 1.29 is 19.4 Å². The highest BCUT2D eigenvalue weighted by Crippen LogP contribution is 2.07. The van der Waals surface area contributed by atoms with E-state index in [0.29, 0.717) is 11.0 Å². The summed E-state index contributed by atoms with van der Waals surface area (Å²) in [4.78, 5) is 22.3. The molecule has 0 aromatic heterocycles. The number of carbonyl (C=O) groups is 2. The van der Waals surface area contributed by atoms with Crippen molar-refractivity contribution in [2.75, 3.05) is 0 Å². The highest BCUT2D eigenvalue weighted by molar-refractivity contribution is 6.32. The highest BCUT2D eigenvalue weighted by atomic mass is 16.6. The smallest absolute Gasteiger partial charge is 0.407 e. The summed E-state index contributed by atoms with van der Waals surface area (Å²) in [6.07, 6.45) is -0.563. The summed E-state index contributed by atoms with van der Waals surface area (Å²) in [7, 11) is 5.60. The number of ether oxygens (including phenoxy) is 1. The van der Waals surface area contributed by atoms with Crippen LogP contribution < -0.4 is 10.8 Å². The lowest BCUT2D eigenvalue weighted by Crippen LogP contribution is -2.32. The predicted octanol–water partition coefficient (Wildman–Crippen LogP) is 1.20. The minimum atomic E-state index is -1.06. The third-order valence-electron chi connectivity index (χ3n) is 2.10. The van der Waals surface area contributed by atoms with E-state index in [2.05, 4.69) is 5.32 Å². The maximum atomic E-state index is 11.5. The zero-order chi connectivity index (χ0) is 14.6. The average Bonchev–Trinajstić information content (AvgIpc) is 2.23. The number of hydrogen-bond donors (Lipinski definition) is 2. The number of rotatable bonds is 3. The van der Waals surface area contributed by atoms with Crippen LogP contribution in [0.15, 0.2) is 18.2 Å². The molecular weight excluding hydrogens is 245 g/mol. The van der Waals surface area contributed by atoms with Crippen molar-refractivity contribution in [3.05, 3.63) is 29.3 Å². The maximum Gasteiger partial charge on any atom is 0.407 e. The molecule has 0 heterocycles. The Morgan fingerprint density at radius 1 is 1.32 bits per heavy atom. The molecule has 1 amide bonds. The Labute approximate surface area is 113 Å². The molecule has 0 bridgehead atoms. The quantitative estimate of drug-likeness (QED) is 0.802. The summed E-state index contributed by atoms with van der Waals surface area (Å²) in [6.45, 7) is 5.43. The fourth-order valence-electron chi connectivity index (χ4n) is 1.43. The first-order valence-corrected chi connectivity index (χ1v) is 5.77. The van der Waals surface area contributed by atoms with Crippen molar-refractivity contribution in [2.24, 2.45) is 0 Å². The molecule has 19 heavy (non-hydrogen) atoms. The number of aromatic carboxylic acids is 1. The van der Waals surface area contributed by atoms with E-state index in [1.165, 1.54) is 12.1 Å². The number of nitrogens with one attached hydrogen (secondary N) is 1. The normalized spacial score (nSPS) is 10.9. The van der Waals surface area contributed by atoms with Gasteiger partial charge in [-0.25, -0.2) is 9.59 Å². The molecule has 1 aromatic rings. The molecule has 5 nitrogen and oxygen atoms in total. The van der Waals surface area contributed by atoms with Crippen molar-refractivity contribution in [2.45, 2.75) is 32.9 Å². The summed E-state index contributed by atoms with van der Waals surface area (Å²) >= 11 is 0. The lowest BCUT2D eigenvalue weighted by molar-refractivity contribution is 0.0523. The molecule has 0 saturated heterocycles. The van der Waals surface area contributed by atoms with Gasteiger partial charge in [0.05, 0.1) is 5.56 Å². The molecule has 0 fully saturated rings. The van der Waals surface area contributed by atoms with E-state index < -0.39 is 17.7 Å². The molecule has 0 aliphatic rings. The average molecular weight is 261 g/mol. The molecule has 2 radical (unpaired) electrons. The molecule has 0 saturated carbocycles. The second-order valence-corrected chi connectivity index (χ2v) is 5.12. The van der Waals surface area contributed by atoms with Crippen LogP contribution in [0.1, 0.15) is 36.7 Å². The number of amides is 1. The number of alkyl carbamates (subject to hydrolysis) is 1. The Kier molecular flexibility index (Phi) is 4.59. The zero-order valence-electron chi connectivity index (χ0n) is 11.2. The highest BCUT2D eigenvalue weighted by Gasteiger charge is 2.15. The number of carboxylic acids is 1. The zero-order valence-corrected chi connectivity index (χ0v) is 11.2.